The molecule has 1 aliphatic carbocycles. The minimum Gasteiger partial charge on any atom is -0.392 e. The number of thiocarbonyl (C=S) groups is 1. The summed E-state index contributed by atoms with van der Waals surface area (Å²) in [6, 6.07) is 1.19. The Balaban J connectivity index is 1.97. The van der Waals surface area contributed by atoms with Crippen LogP contribution in [0.25, 0.3) is 0 Å². The van der Waals surface area contributed by atoms with E-state index in [-0.39, 0.29) is 0 Å². The van der Waals surface area contributed by atoms with Crippen molar-refractivity contribution in [3.05, 3.63) is 0 Å². The zero-order valence-electron chi connectivity index (χ0n) is 8.74. The lowest BCUT2D eigenvalue weighted by atomic mass is 9.94. The molecule has 1 unspecified atom stereocenters. The molecule has 0 aromatic rings. The average Bonchev–Trinajstić information content (AvgIpc) is 2.67. The number of hydrogen-bond donors (Lipinski definition) is 1. The molecule has 2 N–H and O–H groups in total. The second-order valence-electron chi connectivity index (χ2n) is 4.59. The van der Waals surface area contributed by atoms with Gasteiger partial charge < -0.3 is 5.73 Å². The van der Waals surface area contributed by atoms with Gasteiger partial charge in [0.2, 0.25) is 0 Å². The lowest BCUT2D eigenvalue weighted by molar-refractivity contribution is 0.170. The van der Waals surface area contributed by atoms with Crippen molar-refractivity contribution < 1.29 is 0 Å². The molecule has 2 nitrogen and oxygen atoms in total. The Morgan fingerprint density at radius 1 is 1.07 bits per heavy atom. The molecule has 2 rings (SSSR count). The topological polar surface area (TPSA) is 29.3 Å². The second kappa shape index (κ2) is 4.58. The van der Waals surface area contributed by atoms with Gasteiger partial charge in [-0.25, -0.2) is 0 Å². The highest BCUT2D eigenvalue weighted by molar-refractivity contribution is 7.80. The molecule has 1 saturated heterocycles. The molecule has 0 aromatic carbocycles. The summed E-state index contributed by atoms with van der Waals surface area (Å²) in [7, 11) is 0. The first-order valence-electron chi connectivity index (χ1n) is 5.84. The third-order valence-electron chi connectivity index (χ3n) is 3.67. The Kier molecular flexibility index (Phi) is 3.39. The SMILES string of the molecule is NC(=S)C1CCCN1C1CCCCC1. The van der Waals surface area contributed by atoms with Crippen LogP contribution in [0, 0.1) is 0 Å². The summed E-state index contributed by atoms with van der Waals surface area (Å²) in [5, 5.41) is 0. The van der Waals surface area contributed by atoms with E-state index in [0.717, 1.165) is 6.04 Å². The van der Waals surface area contributed by atoms with Crippen molar-refractivity contribution in [3.8, 4) is 0 Å². The molecule has 1 aliphatic heterocycles. The summed E-state index contributed by atoms with van der Waals surface area (Å²) < 4.78 is 0. The van der Waals surface area contributed by atoms with Crippen molar-refractivity contribution in [1.29, 1.82) is 0 Å². The van der Waals surface area contributed by atoms with E-state index in [1.807, 2.05) is 0 Å². The van der Waals surface area contributed by atoms with E-state index < -0.39 is 0 Å². The fraction of sp³-hybridized carbons (Fsp3) is 0.909. The molecule has 1 saturated carbocycles. The molecule has 2 fully saturated rings. The zero-order valence-corrected chi connectivity index (χ0v) is 9.56. The molecular weight excluding hydrogens is 192 g/mol. The van der Waals surface area contributed by atoms with Gasteiger partial charge in [0.15, 0.2) is 0 Å². The predicted octanol–water partition coefficient (Wildman–Crippen LogP) is 2.07. The van der Waals surface area contributed by atoms with E-state index in [1.54, 1.807) is 0 Å². The first-order valence-corrected chi connectivity index (χ1v) is 6.25. The first kappa shape index (κ1) is 10.4. The summed E-state index contributed by atoms with van der Waals surface area (Å²) in [5.41, 5.74) is 5.78. The van der Waals surface area contributed by atoms with Gasteiger partial charge in [0, 0.05) is 6.04 Å². The number of nitrogens with zero attached hydrogens (tertiary/aromatic N) is 1. The van der Waals surface area contributed by atoms with Crippen molar-refractivity contribution in [2.45, 2.75) is 57.0 Å². The molecule has 80 valence electrons. The van der Waals surface area contributed by atoms with Gasteiger partial charge in [-0.05, 0) is 32.2 Å². The minimum atomic E-state index is 0.410. The highest BCUT2D eigenvalue weighted by Crippen LogP contribution is 2.29. The monoisotopic (exact) mass is 212 g/mol. The van der Waals surface area contributed by atoms with Crippen LogP contribution in [0.5, 0.6) is 0 Å². The van der Waals surface area contributed by atoms with E-state index in [2.05, 4.69) is 4.90 Å². The molecule has 0 radical (unpaired) electrons. The molecule has 0 spiro atoms. The van der Waals surface area contributed by atoms with Crippen LogP contribution in [0.1, 0.15) is 44.9 Å². The zero-order chi connectivity index (χ0) is 9.97. The molecule has 1 atom stereocenters. The number of likely N-dealkylation sites (tertiary alicyclic amines) is 1. The Labute approximate surface area is 91.8 Å². The predicted molar refractivity (Wildman–Crippen MR) is 63.4 cm³/mol. The van der Waals surface area contributed by atoms with Gasteiger partial charge in [-0.2, -0.15) is 0 Å². The van der Waals surface area contributed by atoms with Crippen LogP contribution in [-0.4, -0.2) is 28.5 Å². The van der Waals surface area contributed by atoms with Gasteiger partial charge in [-0.1, -0.05) is 31.5 Å². The molecule has 2 aliphatic rings. The number of hydrogen-bond acceptors (Lipinski definition) is 2. The first-order chi connectivity index (χ1) is 6.79. The third kappa shape index (κ3) is 2.09. The number of nitrogens with two attached hydrogens (primary N) is 1. The lowest BCUT2D eigenvalue weighted by Gasteiger charge is -2.35. The Morgan fingerprint density at radius 3 is 2.43 bits per heavy atom. The Morgan fingerprint density at radius 2 is 1.79 bits per heavy atom. The molecule has 0 aromatic heterocycles. The van der Waals surface area contributed by atoms with Crippen LogP contribution in [0.4, 0.5) is 0 Å². The Bertz CT molecular complexity index is 211. The standard InChI is InChI=1S/C11H20N2S/c12-11(14)10-7-4-8-13(10)9-5-2-1-3-6-9/h9-10H,1-8H2,(H2,12,14). The van der Waals surface area contributed by atoms with Crippen LogP contribution in [-0.2, 0) is 0 Å². The van der Waals surface area contributed by atoms with Crippen LogP contribution in [0.15, 0.2) is 0 Å². The largest absolute Gasteiger partial charge is 0.392 e. The molecule has 1 heterocycles. The normalized spacial score (nSPS) is 30.7. The quantitative estimate of drug-likeness (QED) is 0.711. The summed E-state index contributed by atoms with van der Waals surface area (Å²) >= 11 is 5.14. The maximum atomic E-state index is 5.78. The van der Waals surface area contributed by atoms with Crippen LogP contribution < -0.4 is 5.73 Å². The fourth-order valence-corrected chi connectivity index (χ4v) is 3.20. The van der Waals surface area contributed by atoms with Crippen LogP contribution in [0.2, 0.25) is 0 Å². The smallest absolute Gasteiger partial charge is 0.0902 e. The van der Waals surface area contributed by atoms with E-state index in [1.165, 1.54) is 51.5 Å². The van der Waals surface area contributed by atoms with Gasteiger partial charge in [0.25, 0.3) is 0 Å². The van der Waals surface area contributed by atoms with Crippen LogP contribution >= 0.6 is 12.2 Å². The lowest BCUT2D eigenvalue weighted by Crippen LogP contribution is -2.45. The maximum Gasteiger partial charge on any atom is 0.0902 e. The van der Waals surface area contributed by atoms with E-state index in [0.29, 0.717) is 11.0 Å². The summed E-state index contributed by atoms with van der Waals surface area (Å²) in [4.78, 5) is 3.29. The van der Waals surface area contributed by atoms with E-state index in [4.69, 9.17) is 18.0 Å². The summed E-state index contributed by atoms with van der Waals surface area (Å²) in [5.74, 6) is 0. The van der Waals surface area contributed by atoms with Gasteiger partial charge in [-0.15, -0.1) is 0 Å². The summed E-state index contributed by atoms with van der Waals surface area (Å²) in [6.07, 6.45) is 9.39. The van der Waals surface area contributed by atoms with Gasteiger partial charge in [0.1, 0.15) is 0 Å². The van der Waals surface area contributed by atoms with Crippen molar-refractivity contribution in [2.24, 2.45) is 5.73 Å². The maximum absolute atomic E-state index is 5.78. The van der Waals surface area contributed by atoms with E-state index in [9.17, 15) is 0 Å². The third-order valence-corrected chi connectivity index (χ3v) is 3.94. The van der Waals surface area contributed by atoms with Gasteiger partial charge >= 0.3 is 0 Å². The van der Waals surface area contributed by atoms with Gasteiger partial charge in [-0.3, -0.25) is 4.90 Å². The highest BCUT2D eigenvalue weighted by atomic mass is 32.1. The summed E-state index contributed by atoms with van der Waals surface area (Å²) in [6.45, 7) is 1.21. The van der Waals surface area contributed by atoms with E-state index >= 15 is 0 Å². The molecule has 0 bridgehead atoms. The second-order valence-corrected chi connectivity index (χ2v) is 5.06. The van der Waals surface area contributed by atoms with Crippen molar-refractivity contribution in [2.75, 3.05) is 6.54 Å². The molecule has 14 heavy (non-hydrogen) atoms. The number of rotatable bonds is 2. The van der Waals surface area contributed by atoms with Crippen molar-refractivity contribution in [1.82, 2.24) is 4.90 Å². The molecular formula is C11H20N2S. The van der Waals surface area contributed by atoms with Crippen molar-refractivity contribution >= 4 is 17.2 Å². The fourth-order valence-electron chi connectivity index (χ4n) is 2.94. The Hall–Kier alpha value is -0.150. The molecule has 0 amide bonds. The van der Waals surface area contributed by atoms with Crippen LogP contribution in [0.3, 0.4) is 0 Å². The molecule has 3 heteroatoms. The highest BCUT2D eigenvalue weighted by Gasteiger charge is 2.32. The minimum absolute atomic E-state index is 0.410. The van der Waals surface area contributed by atoms with Crippen molar-refractivity contribution in [3.63, 3.8) is 0 Å². The average molecular weight is 212 g/mol. The van der Waals surface area contributed by atoms with Gasteiger partial charge in [0.05, 0.1) is 11.0 Å².